The molecule has 0 aliphatic heterocycles. The first-order valence-corrected chi connectivity index (χ1v) is 5.28. The van der Waals surface area contributed by atoms with Crippen LogP contribution >= 0.6 is 11.6 Å². The van der Waals surface area contributed by atoms with Crippen LogP contribution in [0.15, 0.2) is 0 Å². The summed E-state index contributed by atoms with van der Waals surface area (Å²) in [5, 5.41) is 0.200. The van der Waals surface area contributed by atoms with Crippen molar-refractivity contribution in [2.45, 2.75) is 32.1 Å². The number of hydrogen-bond acceptors (Lipinski definition) is 4. The van der Waals surface area contributed by atoms with Crippen molar-refractivity contribution in [2.75, 3.05) is 5.73 Å². The van der Waals surface area contributed by atoms with Crippen molar-refractivity contribution in [1.29, 1.82) is 0 Å². The van der Waals surface area contributed by atoms with Gasteiger partial charge in [-0.15, -0.1) is 0 Å². The lowest BCUT2D eigenvalue weighted by Gasteiger charge is -2.07. The normalized spacial score (nSPS) is 17.5. The van der Waals surface area contributed by atoms with Crippen LogP contribution in [0.1, 0.15) is 31.5 Å². The maximum Gasteiger partial charge on any atom is 0.227 e. The Bertz CT molecular complexity index is 302. The van der Waals surface area contributed by atoms with E-state index < -0.39 is 0 Å². The second-order valence-corrected chi connectivity index (χ2v) is 4.07. The second-order valence-electron chi connectivity index (χ2n) is 3.73. The highest BCUT2D eigenvalue weighted by atomic mass is 35.5. The smallest absolute Gasteiger partial charge is 0.227 e. The van der Waals surface area contributed by atoms with E-state index in [4.69, 9.17) is 17.3 Å². The number of nitrogen functional groups attached to an aromatic ring is 1. The Morgan fingerprint density at radius 3 is 2.57 bits per heavy atom. The summed E-state index contributed by atoms with van der Waals surface area (Å²) in [6.45, 7) is 0. The molecule has 1 aromatic heterocycles. The fourth-order valence-electron chi connectivity index (χ4n) is 1.97. The minimum Gasteiger partial charge on any atom is -0.368 e. The van der Waals surface area contributed by atoms with E-state index in [1.54, 1.807) is 0 Å². The number of nitrogens with two attached hydrogens (primary N) is 1. The first-order chi connectivity index (χ1) is 6.74. The van der Waals surface area contributed by atoms with Crippen molar-refractivity contribution in [3.05, 3.63) is 11.1 Å². The van der Waals surface area contributed by atoms with E-state index in [0.29, 0.717) is 5.92 Å². The summed E-state index contributed by atoms with van der Waals surface area (Å²) in [5.41, 5.74) is 5.49. The van der Waals surface area contributed by atoms with Gasteiger partial charge in [-0.3, -0.25) is 0 Å². The topological polar surface area (TPSA) is 64.7 Å². The zero-order valence-corrected chi connectivity index (χ0v) is 8.67. The quantitative estimate of drug-likeness (QED) is 0.813. The predicted octanol–water partition coefficient (Wildman–Crippen LogP) is 1.84. The molecule has 0 amide bonds. The van der Waals surface area contributed by atoms with Crippen LogP contribution in [-0.2, 0) is 6.42 Å². The first kappa shape index (κ1) is 9.65. The van der Waals surface area contributed by atoms with Crippen LogP contribution in [0.25, 0.3) is 0 Å². The van der Waals surface area contributed by atoms with Crippen LogP contribution in [0.4, 0.5) is 5.95 Å². The molecule has 0 spiro atoms. The van der Waals surface area contributed by atoms with Crippen LogP contribution in [-0.4, -0.2) is 15.0 Å². The van der Waals surface area contributed by atoms with Gasteiger partial charge in [-0.1, -0.05) is 25.7 Å². The lowest BCUT2D eigenvalue weighted by molar-refractivity contribution is 0.529. The number of hydrogen-bond donors (Lipinski definition) is 1. The van der Waals surface area contributed by atoms with E-state index >= 15 is 0 Å². The average Bonchev–Trinajstić information content (AvgIpc) is 2.54. The summed E-state index contributed by atoms with van der Waals surface area (Å²) < 4.78 is 0. The summed E-state index contributed by atoms with van der Waals surface area (Å²) in [5.74, 6) is 1.65. The molecule has 2 rings (SSSR count). The third kappa shape index (κ3) is 2.32. The number of nitrogens with zero attached hydrogens (tertiary/aromatic N) is 3. The van der Waals surface area contributed by atoms with E-state index in [2.05, 4.69) is 15.0 Å². The Labute approximate surface area is 87.9 Å². The Morgan fingerprint density at radius 2 is 1.93 bits per heavy atom. The molecule has 1 aliphatic rings. The van der Waals surface area contributed by atoms with E-state index in [1.807, 2.05) is 0 Å². The van der Waals surface area contributed by atoms with Gasteiger partial charge in [-0.05, 0) is 17.5 Å². The van der Waals surface area contributed by atoms with Crippen molar-refractivity contribution in [3.63, 3.8) is 0 Å². The number of halogens is 1. The SMILES string of the molecule is Nc1nc(Cl)nc(CC2CCCC2)n1. The van der Waals surface area contributed by atoms with Gasteiger partial charge < -0.3 is 5.73 Å². The minimum atomic E-state index is 0.200. The third-order valence-electron chi connectivity index (χ3n) is 2.62. The van der Waals surface area contributed by atoms with Gasteiger partial charge in [0.1, 0.15) is 5.82 Å². The van der Waals surface area contributed by atoms with Gasteiger partial charge in [0, 0.05) is 6.42 Å². The van der Waals surface area contributed by atoms with Crippen molar-refractivity contribution in [1.82, 2.24) is 15.0 Å². The van der Waals surface area contributed by atoms with Gasteiger partial charge in [0.15, 0.2) is 0 Å². The first-order valence-electron chi connectivity index (χ1n) is 4.90. The van der Waals surface area contributed by atoms with Gasteiger partial charge in [-0.25, -0.2) is 4.98 Å². The Kier molecular flexibility index (Phi) is 2.82. The summed E-state index contributed by atoms with van der Waals surface area (Å²) in [4.78, 5) is 11.9. The Hall–Kier alpha value is -0.900. The van der Waals surface area contributed by atoms with Crippen molar-refractivity contribution in [2.24, 2.45) is 5.92 Å². The molecule has 1 saturated carbocycles. The van der Waals surface area contributed by atoms with Crippen LogP contribution < -0.4 is 5.73 Å². The molecule has 0 atom stereocenters. The number of rotatable bonds is 2. The zero-order valence-electron chi connectivity index (χ0n) is 7.91. The van der Waals surface area contributed by atoms with Crippen LogP contribution in [0.2, 0.25) is 5.28 Å². The van der Waals surface area contributed by atoms with Gasteiger partial charge >= 0.3 is 0 Å². The highest BCUT2D eigenvalue weighted by Crippen LogP contribution is 2.27. The fraction of sp³-hybridized carbons (Fsp3) is 0.667. The number of anilines is 1. The summed E-state index contributed by atoms with van der Waals surface area (Å²) >= 11 is 5.69. The molecule has 1 aromatic rings. The van der Waals surface area contributed by atoms with Crippen molar-refractivity contribution >= 4 is 17.5 Å². The predicted molar refractivity (Wildman–Crippen MR) is 54.9 cm³/mol. The molecule has 0 radical (unpaired) electrons. The summed E-state index contributed by atoms with van der Waals surface area (Å²) in [7, 11) is 0. The van der Waals surface area contributed by atoms with Crippen molar-refractivity contribution < 1.29 is 0 Å². The molecule has 2 N–H and O–H groups in total. The Balaban J connectivity index is 2.07. The molecular formula is C9H13ClN4. The molecule has 0 unspecified atom stereocenters. The monoisotopic (exact) mass is 212 g/mol. The van der Waals surface area contributed by atoms with Crippen LogP contribution in [0.3, 0.4) is 0 Å². The van der Waals surface area contributed by atoms with Crippen molar-refractivity contribution in [3.8, 4) is 0 Å². The molecule has 5 heteroatoms. The standard InChI is InChI=1S/C9H13ClN4/c10-8-12-7(13-9(11)14-8)5-6-3-1-2-4-6/h6H,1-5H2,(H2,11,12,13,14). The van der Waals surface area contributed by atoms with E-state index in [-0.39, 0.29) is 11.2 Å². The maximum absolute atomic E-state index is 5.69. The van der Waals surface area contributed by atoms with E-state index in [1.165, 1.54) is 25.7 Å². The third-order valence-corrected chi connectivity index (χ3v) is 2.79. The molecule has 0 aromatic carbocycles. The lowest BCUT2D eigenvalue weighted by atomic mass is 10.0. The van der Waals surface area contributed by atoms with E-state index in [9.17, 15) is 0 Å². The van der Waals surface area contributed by atoms with Gasteiger partial charge in [0.2, 0.25) is 11.2 Å². The van der Waals surface area contributed by atoms with Crippen LogP contribution in [0.5, 0.6) is 0 Å². The number of aromatic nitrogens is 3. The molecule has 14 heavy (non-hydrogen) atoms. The molecule has 1 fully saturated rings. The zero-order chi connectivity index (χ0) is 9.97. The average molecular weight is 213 g/mol. The summed E-state index contributed by atoms with van der Waals surface area (Å²) in [6, 6.07) is 0. The minimum absolute atomic E-state index is 0.200. The van der Waals surface area contributed by atoms with Crippen LogP contribution in [0, 0.1) is 5.92 Å². The summed E-state index contributed by atoms with van der Waals surface area (Å²) in [6.07, 6.45) is 6.05. The molecule has 0 bridgehead atoms. The molecule has 1 heterocycles. The van der Waals surface area contributed by atoms with Gasteiger partial charge in [0.05, 0.1) is 0 Å². The van der Waals surface area contributed by atoms with Gasteiger partial charge in [0.25, 0.3) is 0 Å². The molecule has 1 aliphatic carbocycles. The maximum atomic E-state index is 5.69. The molecule has 4 nitrogen and oxygen atoms in total. The second kappa shape index (κ2) is 4.09. The fourth-order valence-corrected chi connectivity index (χ4v) is 2.16. The molecular weight excluding hydrogens is 200 g/mol. The molecule has 0 saturated heterocycles. The molecule has 76 valence electrons. The van der Waals surface area contributed by atoms with E-state index in [0.717, 1.165) is 12.2 Å². The largest absolute Gasteiger partial charge is 0.368 e. The highest BCUT2D eigenvalue weighted by molar-refractivity contribution is 6.28. The highest BCUT2D eigenvalue weighted by Gasteiger charge is 2.17. The van der Waals surface area contributed by atoms with Gasteiger partial charge in [-0.2, -0.15) is 9.97 Å². The Morgan fingerprint density at radius 1 is 1.21 bits per heavy atom. The lowest BCUT2D eigenvalue weighted by Crippen LogP contribution is -2.07.